The number of hydrogen-bond donors (Lipinski definition) is 1. The summed E-state index contributed by atoms with van der Waals surface area (Å²) in [4.78, 5) is 21.4. The number of rotatable bonds is 6. The first-order chi connectivity index (χ1) is 12.4. The van der Waals surface area contributed by atoms with Crippen LogP contribution in [0.1, 0.15) is 22.6 Å². The molecule has 1 N–H and O–H groups in total. The molecule has 0 spiro atoms. The summed E-state index contributed by atoms with van der Waals surface area (Å²) in [5.41, 5.74) is 0.356. The van der Waals surface area contributed by atoms with E-state index in [4.69, 9.17) is 4.74 Å². The Morgan fingerprint density at radius 1 is 1.46 bits per heavy atom. The maximum atomic E-state index is 12.8. The molecular weight excluding hydrogens is 356 g/mol. The summed E-state index contributed by atoms with van der Waals surface area (Å²) in [6, 6.07) is 6.14. The SMILES string of the molecule is CO[C@H]1CCN(C(=O)c2cccc(S(=O)(=O)N(C)Cc3ncc[nH]3)c2)C1. The highest BCUT2D eigenvalue weighted by Crippen LogP contribution is 2.20. The predicted octanol–water partition coefficient (Wildman–Crippen LogP) is 1.09. The summed E-state index contributed by atoms with van der Waals surface area (Å²) < 4.78 is 32.1. The van der Waals surface area contributed by atoms with Crippen LogP contribution in [0.15, 0.2) is 41.6 Å². The van der Waals surface area contributed by atoms with Crippen molar-refractivity contribution in [2.45, 2.75) is 24.0 Å². The minimum Gasteiger partial charge on any atom is -0.380 e. The number of methoxy groups -OCH3 is 1. The quantitative estimate of drug-likeness (QED) is 0.812. The van der Waals surface area contributed by atoms with Gasteiger partial charge in [0.15, 0.2) is 0 Å². The van der Waals surface area contributed by atoms with Gasteiger partial charge in [-0.3, -0.25) is 4.79 Å². The first-order valence-electron chi connectivity index (χ1n) is 8.28. The van der Waals surface area contributed by atoms with Crippen molar-refractivity contribution in [2.75, 3.05) is 27.2 Å². The van der Waals surface area contributed by atoms with E-state index in [0.717, 1.165) is 6.42 Å². The molecule has 2 aromatic rings. The summed E-state index contributed by atoms with van der Waals surface area (Å²) in [6.45, 7) is 1.24. The number of benzene rings is 1. The Bertz CT molecular complexity index is 867. The lowest BCUT2D eigenvalue weighted by Gasteiger charge is -2.18. The number of ether oxygens (including phenoxy) is 1. The first kappa shape index (κ1) is 18.6. The number of nitrogens with zero attached hydrogens (tertiary/aromatic N) is 3. The van der Waals surface area contributed by atoms with Crippen LogP contribution < -0.4 is 0 Å². The number of nitrogens with one attached hydrogen (secondary N) is 1. The number of amides is 1. The molecule has 0 bridgehead atoms. The summed E-state index contributed by atoms with van der Waals surface area (Å²) in [5.74, 6) is 0.362. The molecule has 1 aliphatic rings. The highest BCUT2D eigenvalue weighted by molar-refractivity contribution is 7.89. The lowest BCUT2D eigenvalue weighted by atomic mass is 10.2. The number of aromatic amines is 1. The minimum atomic E-state index is -3.73. The number of carbonyl (C=O) groups is 1. The van der Waals surface area contributed by atoms with Gasteiger partial charge in [0, 0.05) is 45.2 Å². The molecule has 1 aromatic heterocycles. The van der Waals surface area contributed by atoms with Crippen LogP contribution in [-0.4, -0.2) is 66.8 Å². The fourth-order valence-corrected chi connectivity index (χ4v) is 4.12. The monoisotopic (exact) mass is 378 g/mol. The van der Waals surface area contributed by atoms with Gasteiger partial charge in [0.1, 0.15) is 5.82 Å². The molecule has 1 fully saturated rings. The van der Waals surface area contributed by atoms with Crippen LogP contribution >= 0.6 is 0 Å². The normalized spacial score (nSPS) is 17.8. The number of hydrogen-bond acceptors (Lipinski definition) is 5. The molecule has 1 amide bonds. The molecule has 9 heteroatoms. The third kappa shape index (κ3) is 3.79. The summed E-state index contributed by atoms with van der Waals surface area (Å²) >= 11 is 0. The maximum Gasteiger partial charge on any atom is 0.253 e. The van der Waals surface area contributed by atoms with Crippen LogP contribution in [0.25, 0.3) is 0 Å². The van der Waals surface area contributed by atoms with Gasteiger partial charge in [-0.2, -0.15) is 4.31 Å². The van der Waals surface area contributed by atoms with E-state index in [2.05, 4.69) is 9.97 Å². The number of carbonyl (C=O) groups excluding carboxylic acids is 1. The largest absolute Gasteiger partial charge is 0.380 e. The lowest BCUT2D eigenvalue weighted by Crippen LogP contribution is -2.30. The Balaban J connectivity index is 1.78. The van der Waals surface area contributed by atoms with Crippen molar-refractivity contribution in [3.63, 3.8) is 0 Å². The third-order valence-electron chi connectivity index (χ3n) is 4.48. The van der Waals surface area contributed by atoms with Crippen molar-refractivity contribution in [2.24, 2.45) is 0 Å². The van der Waals surface area contributed by atoms with Gasteiger partial charge in [0.05, 0.1) is 17.5 Å². The van der Waals surface area contributed by atoms with Gasteiger partial charge in [-0.1, -0.05) is 6.07 Å². The zero-order valence-corrected chi connectivity index (χ0v) is 15.6. The maximum absolute atomic E-state index is 12.8. The summed E-state index contributed by atoms with van der Waals surface area (Å²) in [6.07, 6.45) is 4.02. The number of H-pyrrole nitrogens is 1. The van der Waals surface area contributed by atoms with E-state index in [1.165, 1.54) is 23.5 Å². The highest BCUT2D eigenvalue weighted by atomic mass is 32.2. The minimum absolute atomic E-state index is 0.0327. The second-order valence-electron chi connectivity index (χ2n) is 6.22. The van der Waals surface area contributed by atoms with Crippen LogP contribution in [0.2, 0.25) is 0 Å². The molecule has 0 saturated carbocycles. The third-order valence-corrected chi connectivity index (χ3v) is 6.28. The van der Waals surface area contributed by atoms with E-state index in [9.17, 15) is 13.2 Å². The van der Waals surface area contributed by atoms with Gasteiger partial charge in [-0.25, -0.2) is 13.4 Å². The number of likely N-dealkylation sites (tertiary alicyclic amines) is 1. The molecule has 1 saturated heterocycles. The second-order valence-corrected chi connectivity index (χ2v) is 8.27. The topological polar surface area (TPSA) is 95.6 Å². The van der Waals surface area contributed by atoms with Gasteiger partial charge in [-0.05, 0) is 24.6 Å². The number of imidazole rings is 1. The molecule has 3 rings (SSSR count). The predicted molar refractivity (Wildman–Crippen MR) is 95.0 cm³/mol. The molecule has 26 heavy (non-hydrogen) atoms. The molecule has 1 atom stereocenters. The molecule has 0 aliphatic carbocycles. The molecule has 8 nitrogen and oxygen atoms in total. The second kappa shape index (κ2) is 7.56. The van der Waals surface area contributed by atoms with E-state index < -0.39 is 10.0 Å². The smallest absolute Gasteiger partial charge is 0.253 e. The fourth-order valence-electron chi connectivity index (χ4n) is 2.94. The number of aromatic nitrogens is 2. The molecular formula is C17H22N4O4S. The van der Waals surface area contributed by atoms with E-state index >= 15 is 0 Å². The van der Waals surface area contributed by atoms with Crippen molar-refractivity contribution in [1.82, 2.24) is 19.2 Å². The first-order valence-corrected chi connectivity index (χ1v) is 9.72. The fraction of sp³-hybridized carbons (Fsp3) is 0.412. The standard InChI is InChI=1S/C17H22N4O4S/c1-20(12-16-18-7-8-19-16)26(23,24)15-5-3-4-13(10-15)17(22)21-9-6-14(11-21)25-2/h3-5,7-8,10,14H,6,9,11-12H2,1-2H3,(H,18,19)/t14-/m0/s1. The van der Waals surface area contributed by atoms with E-state index in [1.54, 1.807) is 36.5 Å². The van der Waals surface area contributed by atoms with Crippen molar-refractivity contribution < 1.29 is 17.9 Å². The summed E-state index contributed by atoms with van der Waals surface area (Å²) in [7, 11) is -0.624. The Morgan fingerprint density at radius 2 is 2.27 bits per heavy atom. The van der Waals surface area contributed by atoms with E-state index in [0.29, 0.717) is 24.5 Å². The van der Waals surface area contributed by atoms with Gasteiger partial charge in [0.2, 0.25) is 10.0 Å². The molecule has 0 radical (unpaired) electrons. The van der Waals surface area contributed by atoms with Crippen molar-refractivity contribution in [3.8, 4) is 0 Å². The van der Waals surface area contributed by atoms with E-state index in [1.807, 2.05) is 0 Å². The van der Waals surface area contributed by atoms with Crippen LogP contribution in [0.4, 0.5) is 0 Å². The Kier molecular flexibility index (Phi) is 5.40. The van der Waals surface area contributed by atoms with Gasteiger partial charge in [0.25, 0.3) is 5.91 Å². The zero-order chi connectivity index (χ0) is 18.7. The van der Waals surface area contributed by atoms with E-state index in [-0.39, 0.29) is 23.5 Å². The number of sulfonamides is 1. The average Bonchev–Trinajstić information content (AvgIpc) is 3.32. The van der Waals surface area contributed by atoms with Crippen molar-refractivity contribution in [3.05, 3.63) is 48.0 Å². The van der Waals surface area contributed by atoms with Gasteiger partial charge >= 0.3 is 0 Å². The lowest BCUT2D eigenvalue weighted by molar-refractivity contribution is 0.0724. The molecule has 2 heterocycles. The molecule has 140 valence electrons. The molecule has 1 aromatic carbocycles. The van der Waals surface area contributed by atoms with Gasteiger partial charge in [-0.15, -0.1) is 0 Å². The zero-order valence-electron chi connectivity index (χ0n) is 14.8. The van der Waals surface area contributed by atoms with Crippen LogP contribution in [0, 0.1) is 0 Å². The Labute approximate surface area is 152 Å². The Morgan fingerprint density at radius 3 is 2.92 bits per heavy atom. The molecule has 0 unspecified atom stereocenters. The summed E-state index contributed by atoms with van der Waals surface area (Å²) in [5, 5.41) is 0. The average molecular weight is 378 g/mol. The van der Waals surface area contributed by atoms with Crippen LogP contribution in [-0.2, 0) is 21.3 Å². The van der Waals surface area contributed by atoms with Crippen LogP contribution in [0.3, 0.4) is 0 Å². The Hall–Kier alpha value is -2.23. The van der Waals surface area contributed by atoms with Crippen LogP contribution in [0.5, 0.6) is 0 Å². The molecule has 1 aliphatic heterocycles. The van der Waals surface area contributed by atoms with Crippen molar-refractivity contribution in [1.29, 1.82) is 0 Å². The van der Waals surface area contributed by atoms with Crippen molar-refractivity contribution >= 4 is 15.9 Å². The highest BCUT2D eigenvalue weighted by Gasteiger charge is 2.28. The van der Waals surface area contributed by atoms with Gasteiger partial charge < -0.3 is 14.6 Å².